The molecule has 38 heavy (non-hydrogen) atoms. The number of hydrogen-bond acceptors (Lipinski definition) is 6. The molecule has 2 N–H and O–H groups in total. The molecule has 198 valence electrons. The molecule has 3 heterocycles. The minimum Gasteiger partial charge on any atom is -0.508 e. The van der Waals surface area contributed by atoms with Gasteiger partial charge in [0.1, 0.15) is 11.6 Å². The van der Waals surface area contributed by atoms with Gasteiger partial charge in [0.15, 0.2) is 5.82 Å². The summed E-state index contributed by atoms with van der Waals surface area (Å²) >= 11 is 6.84. The van der Waals surface area contributed by atoms with Crippen molar-refractivity contribution in [3.63, 3.8) is 0 Å². The van der Waals surface area contributed by atoms with Crippen molar-refractivity contribution < 1.29 is 9.50 Å². The molecule has 6 rings (SSSR count). The first kappa shape index (κ1) is 25.1. The minimum atomic E-state index is -0.577. The lowest BCUT2D eigenvalue weighted by atomic mass is 9.96. The molecule has 1 aromatic heterocycles. The summed E-state index contributed by atoms with van der Waals surface area (Å²) in [4.78, 5) is 22.1. The molecule has 0 amide bonds. The topological polar surface area (TPSA) is 73.6 Å². The summed E-state index contributed by atoms with van der Waals surface area (Å²) in [6.45, 7) is 2.49. The number of aryl methyl sites for hydroxylation is 1. The highest BCUT2D eigenvalue weighted by Crippen LogP contribution is 2.42. The van der Waals surface area contributed by atoms with Crippen molar-refractivity contribution >= 4 is 39.1 Å². The third-order valence-corrected chi connectivity index (χ3v) is 8.05. The number of phenolic OH excluding ortho intramolecular Hbond substituents is 1. The first-order valence-corrected chi connectivity index (χ1v) is 13.5. The van der Waals surface area contributed by atoms with Crippen LogP contribution in [0.15, 0.2) is 47.3 Å². The van der Waals surface area contributed by atoms with Crippen LogP contribution in [0.3, 0.4) is 0 Å². The number of rotatable bonds is 6. The van der Waals surface area contributed by atoms with Gasteiger partial charge >= 0.3 is 5.69 Å². The average molecular weight is 536 g/mol. The number of fused-ring (bicyclic) bond motifs is 4. The van der Waals surface area contributed by atoms with E-state index in [1.54, 1.807) is 12.1 Å². The normalized spacial score (nSPS) is 19.2. The molecule has 0 unspecified atom stereocenters. The number of phenols is 1. The molecule has 2 fully saturated rings. The molecule has 0 spiro atoms. The van der Waals surface area contributed by atoms with Crippen LogP contribution in [0.25, 0.3) is 32.8 Å². The van der Waals surface area contributed by atoms with Crippen molar-refractivity contribution in [1.82, 2.24) is 19.8 Å². The van der Waals surface area contributed by atoms with E-state index >= 15 is 4.39 Å². The van der Waals surface area contributed by atoms with E-state index in [1.807, 2.05) is 43.3 Å². The number of benzene rings is 3. The Balaban J connectivity index is 1.60. The Bertz CT molecular complexity index is 1590. The highest BCUT2D eigenvalue weighted by molar-refractivity contribution is 6.35. The molecule has 0 aliphatic carbocycles. The lowest BCUT2D eigenvalue weighted by Crippen LogP contribution is -2.52. The molecule has 4 aromatic rings. The second-order valence-corrected chi connectivity index (χ2v) is 11.1. The Hall–Kier alpha value is -3.20. The molecular weight excluding hydrogens is 505 g/mol. The maximum Gasteiger partial charge on any atom is 0.350 e. The third kappa shape index (κ3) is 4.40. The molecule has 2 atom stereocenters. The summed E-state index contributed by atoms with van der Waals surface area (Å²) in [5, 5.41) is 16.3. The Kier molecular flexibility index (Phi) is 6.50. The van der Waals surface area contributed by atoms with E-state index in [-0.39, 0.29) is 21.9 Å². The molecule has 3 aromatic carbocycles. The van der Waals surface area contributed by atoms with E-state index in [1.165, 1.54) is 10.6 Å². The fourth-order valence-electron chi connectivity index (χ4n) is 6.06. The lowest BCUT2D eigenvalue weighted by molar-refractivity contribution is 0.385. The Labute approximate surface area is 225 Å². The Morgan fingerprint density at radius 3 is 2.61 bits per heavy atom. The van der Waals surface area contributed by atoms with Crippen LogP contribution in [-0.2, 0) is 6.54 Å². The van der Waals surface area contributed by atoms with Crippen LogP contribution in [0.4, 0.5) is 10.2 Å². The Morgan fingerprint density at radius 1 is 1.13 bits per heavy atom. The summed E-state index contributed by atoms with van der Waals surface area (Å²) in [6.07, 6.45) is 2.81. The van der Waals surface area contributed by atoms with E-state index in [9.17, 15) is 9.90 Å². The third-order valence-electron chi connectivity index (χ3n) is 7.75. The molecule has 2 aliphatic rings. The van der Waals surface area contributed by atoms with E-state index in [0.717, 1.165) is 30.2 Å². The predicted molar refractivity (Wildman–Crippen MR) is 151 cm³/mol. The van der Waals surface area contributed by atoms with Gasteiger partial charge in [-0.25, -0.2) is 9.18 Å². The van der Waals surface area contributed by atoms with Gasteiger partial charge in [-0.2, -0.15) is 4.98 Å². The largest absolute Gasteiger partial charge is 0.508 e. The van der Waals surface area contributed by atoms with Crippen LogP contribution in [0.1, 0.15) is 19.3 Å². The van der Waals surface area contributed by atoms with Crippen molar-refractivity contribution in [3.8, 4) is 16.9 Å². The maximum atomic E-state index is 16.8. The standard InChI is InChI=1S/C29H31ClFN5O2/c1-34(2)10-5-11-36-27-23(28(33-29(36)38)35-15-18-8-9-19(16-35)32-18)14-24(30)25(26(27)31)22-13-20(37)12-17-6-3-4-7-21(17)22/h3-4,6-7,12-14,18-19,32,37H,5,8-11,15-16H2,1-2H3/t18-,19+. The first-order chi connectivity index (χ1) is 18.3. The summed E-state index contributed by atoms with van der Waals surface area (Å²) in [5.74, 6) is -0.0725. The van der Waals surface area contributed by atoms with Crippen molar-refractivity contribution in [1.29, 1.82) is 0 Å². The number of nitrogens with one attached hydrogen (secondary N) is 1. The van der Waals surface area contributed by atoms with Gasteiger partial charge in [-0.1, -0.05) is 35.9 Å². The minimum absolute atomic E-state index is 0.0179. The van der Waals surface area contributed by atoms with Gasteiger partial charge in [-0.3, -0.25) is 4.57 Å². The number of anilines is 1. The van der Waals surface area contributed by atoms with Crippen LogP contribution >= 0.6 is 11.6 Å². The predicted octanol–water partition coefficient (Wildman–Crippen LogP) is 4.61. The highest BCUT2D eigenvalue weighted by atomic mass is 35.5. The first-order valence-electron chi connectivity index (χ1n) is 13.1. The van der Waals surface area contributed by atoms with Gasteiger partial charge in [0.05, 0.1) is 10.5 Å². The number of hydrogen-bond donors (Lipinski definition) is 2. The molecular formula is C29H31ClFN5O2. The van der Waals surface area contributed by atoms with Gasteiger partial charge in [0.25, 0.3) is 0 Å². The number of nitrogens with zero attached hydrogens (tertiary/aromatic N) is 4. The highest BCUT2D eigenvalue weighted by Gasteiger charge is 2.34. The molecule has 2 saturated heterocycles. The summed E-state index contributed by atoms with van der Waals surface area (Å²) in [7, 11) is 3.93. The van der Waals surface area contributed by atoms with Gasteiger partial charge in [0.2, 0.25) is 0 Å². The van der Waals surface area contributed by atoms with Gasteiger partial charge in [0, 0.05) is 42.7 Å². The summed E-state index contributed by atoms with van der Waals surface area (Å²) in [6, 6.07) is 13.0. The molecule has 9 heteroatoms. The summed E-state index contributed by atoms with van der Waals surface area (Å²) < 4.78 is 18.3. The van der Waals surface area contributed by atoms with Crippen molar-refractivity contribution in [2.45, 2.75) is 37.9 Å². The molecule has 0 saturated carbocycles. The SMILES string of the molecule is CN(C)CCCn1c(=O)nc(N2C[C@H]3CC[C@@H](C2)N3)c2cc(Cl)c(-c3cc(O)cc4ccccc34)c(F)c21. The number of halogens is 2. The average Bonchev–Trinajstić information content (AvgIpc) is 3.22. The van der Waals surface area contributed by atoms with Crippen molar-refractivity contribution in [2.75, 3.05) is 38.6 Å². The van der Waals surface area contributed by atoms with E-state index in [0.29, 0.717) is 54.9 Å². The zero-order chi connectivity index (χ0) is 26.6. The molecule has 2 aliphatic heterocycles. The van der Waals surface area contributed by atoms with Crippen LogP contribution in [0.5, 0.6) is 5.75 Å². The monoisotopic (exact) mass is 535 g/mol. The van der Waals surface area contributed by atoms with Gasteiger partial charge < -0.3 is 20.2 Å². The fourth-order valence-corrected chi connectivity index (χ4v) is 6.36. The fraction of sp³-hybridized carbons (Fsp3) is 0.379. The second-order valence-electron chi connectivity index (χ2n) is 10.7. The zero-order valence-electron chi connectivity index (χ0n) is 21.5. The number of aromatic hydroxyl groups is 1. The molecule has 2 bridgehead atoms. The van der Waals surface area contributed by atoms with Crippen LogP contribution in [0.2, 0.25) is 5.02 Å². The molecule has 0 radical (unpaired) electrons. The number of aromatic nitrogens is 2. The van der Waals surface area contributed by atoms with E-state index in [2.05, 4.69) is 15.2 Å². The number of piperazine rings is 1. The van der Waals surface area contributed by atoms with Crippen LogP contribution in [0, 0.1) is 5.82 Å². The Morgan fingerprint density at radius 2 is 1.87 bits per heavy atom. The quantitative estimate of drug-likeness (QED) is 0.376. The van der Waals surface area contributed by atoms with Crippen LogP contribution in [-0.4, -0.2) is 65.4 Å². The van der Waals surface area contributed by atoms with E-state index < -0.39 is 11.5 Å². The smallest absolute Gasteiger partial charge is 0.350 e. The van der Waals surface area contributed by atoms with Crippen molar-refractivity contribution in [2.24, 2.45) is 0 Å². The lowest BCUT2D eigenvalue weighted by Gasteiger charge is -2.34. The van der Waals surface area contributed by atoms with E-state index in [4.69, 9.17) is 11.6 Å². The van der Waals surface area contributed by atoms with Gasteiger partial charge in [-0.05, 0) is 74.4 Å². The van der Waals surface area contributed by atoms with Crippen molar-refractivity contribution in [3.05, 3.63) is 63.8 Å². The zero-order valence-corrected chi connectivity index (χ0v) is 22.3. The summed E-state index contributed by atoms with van der Waals surface area (Å²) in [5.41, 5.74) is 0.391. The second kappa shape index (κ2) is 9.84. The maximum absolute atomic E-state index is 16.8. The van der Waals surface area contributed by atoms with Crippen LogP contribution < -0.4 is 15.9 Å². The molecule has 7 nitrogen and oxygen atoms in total. The van der Waals surface area contributed by atoms with Gasteiger partial charge in [-0.15, -0.1) is 0 Å².